The monoisotopic (exact) mass is 375 g/mol. The summed E-state index contributed by atoms with van der Waals surface area (Å²) in [6.07, 6.45) is 3.28. The van der Waals surface area contributed by atoms with E-state index in [1.54, 1.807) is 19.1 Å². The normalized spacial score (nSPS) is 13.8. The van der Waals surface area contributed by atoms with Crippen molar-refractivity contribution in [3.63, 3.8) is 0 Å². The third-order valence-electron chi connectivity index (χ3n) is 4.50. The molecule has 1 saturated heterocycles. The van der Waals surface area contributed by atoms with Crippen molar-refractivity contribution in [2.45, 2.75) is 39.0 Å². The van der Waals surface area contributed by atoms with Gasteiger partial charge in [0.05, 0.1) is 18.6 Å². The summed E-state index contributed by atoms with van der Waals surface area (Å²) in [6, 6.07) is 5.32. The lowest BCUT2D eigenvalue weighted by Crippen LogP contribution is -2.36. The summed E-state index contributed by atoms with van der Waals surface area (Å²) in [5.74, 6) is -0.686. The molecule has 0 radical (unpaired) electrons. The van der Waals surface area contributed by atoms with Crippen LogP contribution in [0.4, 0.5) is 11.4 Å². The topological polar surface area (TPSA) is 79.0 Å². The van der Waals surface area contributed by atoms with Gasteiger partial charge in [0.2, 0.25) is 5.91 Å². The fourth-order valence-electron chi connectivity index (χ4n) is 3.11. The lowest BCUT2D eigenvalue weighted by Gasteiger charge is -2.28. The zero-order valence-electron chi connectivity index (χ0n) is 16.4. The summed E-state index contributed by atoms with van der Waals surface area (Å²) in [7, 11) is 3.78. The number of nitrogens with zero attached hydrogens (tertiary/aromatic N) is 2. The molecule has 1 N–H and O–H groups in total. The van der Waals surface area contributed by atoms with Crippen molar-refractivity contribution >= 4 is 29.2 Å². The van der Waals surface area contributed by atoms with Crippen LogP contribution in [0.3, 0.4) is 0 Å². The van der Waals surface area contributed by atoms with E-state index in [4.69, 9.17) is 4.74 Å². The predicted molar refractivity (Wildman–Crippen MR) is 105 cm³/mol. The van der Waals surface area contributed by atoms with Crippen LogP contribution in [0.1, 0.15) is 49.4 Å². The Morgan fingerprint density at radius 2 is 1.81 bits per heavy atom. The average Bonchev–Trinajstić information content (AvgIpc) is 2.66. The molecule has 0 unspecified atom stereocenters. The molecule has 0 atom stereocenters. The minimum absolute atomic E-state index is 0.0129. The molecule has 148 valence electrons. The van der Waals surface area contributed by atoms with Gasteiger partial charge in [0.1, 0.15) is 0 Å². The van der Waals surface area contributed by atoms with Crippen LogP contribution in [0.5, 0.6) is 0 Å². The summed E-state index contributed by atoms with van der Waals surface area (Å²) in [5.41, 5.74) is 1.94. The molecule has 1 fully saturated rings. The number of nitrogens with one attached hydrogen (secondary N) is 1. The second kappa shape index (κ2) is 9.94. The first kappa shape index (κ1) is 20.7. The van der Waals surface area contributed by atoms with Crippen LogP contribution in [-0.2, 0) is 14.3 Å². The second-order valence-electron chi connectivity index (χ2n) is 6.83. The first-order valence-electron chi connectivity index (χ1n) is 9.48. The minimum Gasteiger partial charge on any atom is -0.466 e. The van der Waals surface area contributed by atoms with Gasteiger partial charge in [0, 0.05) is 45.0 Å². The lowest BCUT2D eigenvalue weighted by molar-refractivity contribution is -0.144. The van der Waals surface area contributed by atoms with Gasteiger partial charge in [-0.05, 0) is 44.4 Å². The molecule has 0 aliphatic carbocycles. The number of likely N-dealkylation sites (tertiary alicyclic amines) is 1. The molecule has 0 saturated carbocycles. The van der Waals surface area contributed by atoms with Gasteiger partial charge in [-0.25, -0.2) is 0 Å². The Bertz CT molecular complexity index is 682. The van der Waals surface area contributed by atoms with E-state index in [9.17, 15) is 14.4 Å². The highest BCUT2D eigenvalue weighted by Crippen LogP contribution is 2.26. The number of anilines is 2. The van der Waals surface area contributed by atoms with Gasteiger partial charge in [-0.1, -0.05) is 0 Å². The predicted octanol–water partition coefficient (Wildman–Crippen LogP) is 2.66. The molecule has 0 aromatic heterocycles. The highest BCUT2D eigenvalue weighted by Gasteiger charge is 2.22. The van der Waals surface area contributed by atoms with Crippen molar-refractivity contribution < 1.29 is 19.1 Å². The third-order valence-corrected chi connectivity index (χ3v) is 4.50. The molecule has 1 heterocycles. The van der Waals surface area contributed by atoms with Gasteiger partial charge < -0.3 is 19.9 Å². The number of carbonyl (C=O) groups is 3. The van der Waals surface area contributed by atoms with E-state index >= 15 is 0 Å². The zero-order valence-corrected chi connectivity index (χ0v) is 16.4. The Labute approximate surface area is 160 Å². The molecule has 1 aliphatic rings. The van der Waals surface area contributed by atoms with Crippen molar-refractivity contribution in [1.82, 2.24) is 4.90 Å². The fourth-order valence-corrected chi connectivity index (χ4v) is 3.11. The number of amides is 2. The van der Waals surface area contributed by atoms with Gasteiger partial charge in [-0.2, -0.15) is 0 Å². The van der Waals surface area contributed by atoms with E-state index in [0.717, 1.165) is 38.0 Å². The van der Waals surface area contributed by atoms with E-state index in [1.165, 1.54) is 0 Å². The van der Waals surface area contributed by atoms with E-state index in [1.807, 2.05) is 30.0 Å². The van der Waals surface area contributed by atoms with E-state index in [-0.39, 0.29) is 24.7 Å². The van der Waals surface area contributed by atoms with Crippen LogP contribution >= 0.6 is 0 Å². The first-order chi connectivity index (χ1) is 12.9. The molecule has 2 amide bonds. The third kappa shape index (κ3) is 5.98. The van der Waals surface area contributed by atoms with E-state index in [2.05, 4.69) is 5.32 Å². The van der Waals surface area contributed by atoms with Crippen LogP contribution in [0, 0.1) is 0 Å². The van der Waals surface area contributed by atoms with Gasteiger partial charge in [0.25, 0.3) is 5.91 Å². The largest absolute Gasteiger partial charge is 0.466 e. The van der Waals surface area contributed by atoms with Crippen LogP contribution in [-0.4, -0.2) is 56.5 Å². The van der Waals surface area contributed by atoms with Gasteiger partial charge in [-0.15, -0.1) is 0 Å². The van der Waals surface area contributed by atoms with Crippen molar-refractivity contribution in [2.24, 2.45) is 0 Å². The molecular weight excluding hydrogens is 346 g/mol. The molecular formula is C20H29N3O4. The van der Waals surface area contributed by atoms with Gasteiger partial charge in [0.15, 0.2) is 0 Å². The standard InChI is InChI=1S/C20H29N3O4/c1-4-27-19(25)11-10-18(24)21-15-8-9-17(22(2)3)16(14-15)20(26)23-12-6-5-7-13-23/h8-9,14H,4-7,10-13H2,1-3H3,(H,21,24). The molecule has 1 aliphatic heterocycles. The summed E-state index contributed by atoms with van der Waals surface area (Å²) in [5, 5.41) is 2.77. The number of hydrogen-bond donors (Lipinski definition) is 1. The Morgan fingerprint density at radius 3 is 2.44 bits per heavy atom. The summed E-state index contributed by atoms with van der Waals surface area (Å²) >= 11 is 0. The maximum absolute atomic E-state index is 13.0. The maximum atomic E-state index is 13.0. The Balaban J connectivity index is 2.10. The smallest absolute Gasteiger partial charge is 0.306 e. The highest BCUT2D eigenvalue weighted by atomic mass is 16.5. The molecule has 2 rings (SSSR count). The number of rotatable bonds is 7. The molecule has 7 nitrogen and oxygen atoms in total. The number of esters is 1. The molecule has 1 aromatic carbocycles. The van der Waals surface area contributed by atoms with Crippen molar-refractivity contribution in [1.29, 1.82) is 0 Å². The first-order valence-corrected chi connectivity index (χ1v) is 9.48. The Kier molecular flexibility index (Phi) is 7.64. The number of ether oxygens (including phenoxy) is 1. The SMILES string of the molecule is CCOC(=O)CCC(=O)Nc1ccc(N(C)C)c(C(=O)N2CCCCC2)c1. The average molecular weight is 375 g/mol. The van der Waals surface area contributed by atoms with Crippen LogP contribution in [0.15, 0.2) is 18.2 Å². The minimum atomic E-state index is -0.392. The Hall–Kier alpha value is -2.57. The molecule has 27 heavy (non-hydrogen) atoms. The zero-order chi connectivity index (χ0) is 19.8. The van der Waals surface area contributed by atoms with E-state index < -0.39 is 5.97 Å². The van der Waals surface area contributed by atoms with Crippen molar-refractivity contribution in [3.8, 4) is 0 Å². The maximum Gasteiger partial charge on any atom is 0.306 e. The summed E-state index contributed by atoms with van der Waals surface area (Å²) in [4.78, 5) is 40.2. The Morgan fingerprint density at radius 1 is 1.11 bits per heavy atom. The van der Waals surface area contributed by atoms with E-state index in [0.29, 0.717) is 17.9 Å². The fraction of sp³-hybridized carbons (Fsp3) is 0.550. The number of benzene rings is 1. The molecule has 1 aromatic rings. The van der Waals surface area contributed by atoms with Crippen molar-refractivity contribution in [2.75, 3.05) is 44.0 Å². The van der Waals surface area contributed by atoms with Crippen molar-refractivity contribution in [3.05, 3.63) is 23.8 Å². The quantitative estimate of drug-likeness (QED) is 0.741. The summed E-state index contributed by atoms with van der Waals surface area (Å²) in [6.45, 7) is 3.56. The number of hydrogen-bond acceptors (Lipinski definition) is 5. The number of carbonyl (C=O) groups excluding carboxylic acids is 3. The highest BCUT2D eigenvalue weighted by molar-refractivity contribution is 6.02. The van der Waals surface area contributed by atoms with Crippen LogP contribution in [0.2, 0.25) is 0 Å². The molecule has 7 heteroatoms. The summed E-state index contributed by atoms with van der Waals surface area (Å²) < 4.78 is 4.83. The number of piperidine rings is 1. The second-order valence-corrected chi connectivity index (χ2v) is 6.83. The van der Waals surface area contributed by atoms with Crippen LogP contribution in [0.25, 0.3) is 0 Å². The van der Waals surface area contributed by atoms with Gasteiger partial charge >= 0.3 is 5.97 Å². The van der Waals surface area contributed by atoms with Crippen LogP contribution < -0.4 is 10.2 Å². The van der Waals surface area contributed by atoms with Gasteiger partial charge in [-0.3, -0.25) is 14.4 Å². The molecule has 0 bridgehead atoms. The lowest BCUT2D eigenvalue weighted by atomic mass is 10.1. The molecule has 0 spiro atoms.